The van der Waals surface area contributed by atoms with Gasteiger partial charge in [0, 0.05) is 41.5 Å². The van der Waals surface area contributed by atoms with Crippen LogP contribution in [0, 0.1) is 6.42 Å². The molecule has 0 radical (unpaired) electrons. The van der Waals surface area contributed by atoms with Crippen molar-refractivity contribution in [2.75, 3.05) is 19.8 Å². The zero-order valence-electron chi connectivity index (χ0n) is 11.1. The molecule has 0 spiro atoms. The maximum absolute atomic E-state index is 7.57. The molecule has 1 fully saturated rings. The molecule has 4 heteroatoms. The number of rotatable bonds is 0. The van der Waals surface area contributed by atoms with E-state index < -0.39 is 0 Å². The molecule has 0 aromatic carbocycles. The molecule has 0 unspecified atom stereocenters. The Morgan fingerprint density at radius 1 is 0.750 bits per heavy atom. The summed E-state index contributed by atoms with van der Waals surface area (Å²) in [7, 11) is 0. The molecule has 1 rings (SSSR count). The van der Waals surface area contributed by atoms with Crippen LogP contribution >= 0.6 is 0 Å². The predicted molar refractivity (Wildman–Crippen MR) is 65.7 cm³/mol. The van der Waals surface area contributed by atoms with Crippen molar-refractivity contribution in [1.82, 2.24) is 0 Å². The van der Waals surface area contributed by atoms with E-state index >= 15 is 0 Å². The normalized spacial score (nSPS) is 12.4. The fourth-order valence-electron chi connectivity index (χ4n) is 0.898. The molecule has 3 nitrogen and oxygen atoms in total. The van der Waals surface area contributed by atoms with Gasteiger partial charge in [-0.2, -0.15) is 12.8 Å². The molecule has 1 aliphatic carbocycles. The number of aliphatic hydroxyl groups excluding tert-OH is 3. The monoisotopic (exact) mass is 269 g/mol. The van der Waals surface area contributed by atoms with Crippen molar-refractivity contribution >= 4 is 0 Å². The molecule has 0 atom stereocenters. The largest absolute Gasteiger partial charge is 0.397 e. The van der Waals surface area contributed by atoms with Crippen LogP contribution in [0.2, 0.25) is 0 Å². The van der Waals surface area contributed by atoms with Crippen LogP contribution in [-0.4, -0.2) is 35.1 Å². The molecule has 0 amide bonds. The van der Waals surface area contributed by atoms with Gasteiger partial charge < -0.3 is 21.7 Å². The van der Waals surface area contributed by atoms with Gasteiger partial charge >= 0.3 is 0 Å². The SMILES string of the molecule is CCO.CCO.CCO.[CH-]1CCCCC1.[Ti]. The van der Waals surface area contributed by atoms with Crippen molar-refractivity contribution in [3.8, 4) is 0 Å². The average molecular weight is 269 g/mol. The summed E-state index contributed by atoms with van der Waals surface area (Å²) >= 11 is 0. The quantitative estimate of drug-likeness (QED) is 0.466. The zero-order chi connectivity index (χ0) is 12.4. The van der Waals surface area contributed by atoms with Gasteiger partial charge in [-0.05, 0) is 20.8 Å². The fraction of sp³-hybridized carbons (Fsp3) is 0.917. The molecule has 0 saturated heterocycles. The van der Waals surface area contributed by atoms with Crippen LogP contribution in [-0.2, 0) is 21.7 Å². The molecule has 0 bridgehead atoms. The van der Waals surface area contributed by atoms with Crippen LogP contribution in [0.1, 0.15) is 52.9 Å². The van der Waals surface area contributed by atoms with Crippen molar-refractivity contribution in [1.29, 1.82) is 0 Å². The third-order valence-corrected chi connectivity index (χ3v) is 1.32. The molecule has 0 aromatic heterocycles. The molecular weight excluding hydrogens is 240 g/mol. The van der Waals surface area contributed by atoms with E-state index in [9.17, 15) is 0 Å². The minimum atomic E-state index is 0. The summed E-state index contributed by atoms with van der Waals surface area (Å²) in [6, 6.07) is 0. The maximum Gasteiger partial charge on any atom is 0.0402 e. The van der Waals surface area contributed by atoms with Gasteiger partial charge in [-0.3, -0.25) is 0 Å². The Balaban J connectivity index is -0.0000000637. The third-order valence-electron chi connectivity index (χ3n) is 1.32. The minimum Gasteiger partial charge on any atom is -0.397 e. The van der Waals surface area contributed by atoms with Crippen LogP contribution < -0.4 is 0 Å². The van der Waals surface area contributed by atoms with Gasteiger partial charge in [-0.1, -0.05) is 19.3 Å². The van der Waals surface area contributed by atoms with Crippen LogP contribution in [0.4, 0.5) is 0 Å². The first-order chi connectivity index (χ1) is 7.24. The number of hydrogen-bond acceptors (Lipinski definition) is 3. The Morgan fingerprint density at radius 2 is 1.00 bits per heavy atom. The second-order valence-corrected chi connectivity index (χ2v) is 2.88. The molecular formula is C12H29O3Ti-. The Hall–Kier alpha value is 0.594. The molecule has 0 aliphatic heterocycles. The minimum absolute atomic E-state index is 0. The van der Waals surface area contributed by atoms with E-state index in [1.165, 1.54) is 32.1 Å². The van der Waals surface area contributed by atoms with Crippen molar-refractivity contribution < 1.29 is 37.0 Å². The Morgan fingerprint density at radius 3 is 1.06 bits per heavy atom. The zero-order valence-corrected chi connectivity index (χ0v) is 12.6. The van der Waals surface area contributed by atoms with E-state index in [-0.39, 0.29) is 41.5 Å². The fourth-order valence-corrected chi connectivity index (χ4v) is 0.898. The van der Waals surface area contributed by atoms with Crippen molar-refractivity contribution in [2.24, 2.45) is 0 Å². The standard InChI is InChI=1S/C6H11.3C2H6O.Ti/c1-2-4-6-5-3-1;3*1-2-3;/h1H,2-6H2;3*3H,2H2,1H3;/q-1;;;;. The third kappa shape index (κ3) is 62.0. The van der Waals surface area contributed by atoms with Crippen LogP contribution in [0.3, 0.4) is 0 Å². The summed E-state index contributed by atoms with van der Waals surface area (Å²) < 4.78 is 0. The Kier molecular flexibility index (Phi) is 57.4. The van der Waals surface area contributed by atoms with E-state index in [4.69, 9.17) is 15.3 Å². The Bertz CT molecular complexity index is 53.0. The van der Waals surface area contributed by atoms with Gasteiger partial charge in [0.2, 0.25) is 0 Å². The maximum atomic E-state index is 7.57. The van der Waals surface area contributed by atoms with Gasteiger partial charge in [0.15, 0.2) is 0 Å². The molecule has 0 heterocycles. The van der Waals surface area contributed by atoms with E-state index in [2.05, 4.69) is 6.42 Å². The van der Waals surface area contributed by atoms with Crippen LogP contribution in [0.5, 0.6) is 0 Å². The van der Waals surface area contributed by atoms with E-state index in [0.29, 0.717) is 0 Å². The smallest absolute Gasteiger partial charge is 0.0402 e. The van der Waals surface area contributed by atoms with Gasteiger partial charge in [-0.25, -0.2) is 0 Å². The van der Waals surface area contributed by atoms with E-state index in [1.54, 1.807) is 20.8 Å². The van der Waals surface area contributed by atoms with Gasteiger partial charge in [0.1, 0.15) is 0 Å². The van der Waals surface area contributed by atoms with Crippen molar-refractivity contribution in [2.45, 2.75) is 52.9 Å². The molecule has 100 valence electrons. The predicted octanol–water partition coefficient (Wildman–Crippen LogP) is 2.15. The average Bonchev–Trinajstić information content (AvgIpc) is 2.24. The summed E-state index contributed by atoms with van der Waals surface area (Å²) in [5.41, 5.74) is 0. The molecule has 1 aliphatic rings. The molecule has 0 aromatic rings. The molecule has 16 heavy (non-hydrogen) atoms. The summed E-state index contributed by atoms with van der Waals surface area (Å²) in [6.45, 7) is 5.79. The Labute approximate surface area is 116 Å². The van der Waals surface area contributed by atoms with Gasteiger partial charge in [0.25, 0.3) is 0 Å². The first-order valence-corrected chi connectivity index (χ1v) is 5.89. The first-order valence-electron chi connectivity index (χ1n) is 5.89. The number of hydrogen-bond donors (Lipinski definition) is 3. The summed E-state index contributed by atoms with van der Waals surface area (Å²) in [4.78, 5) is 0. The van der Waals surface area contributed by atoms with Crippen molar-refractivity contribution in [3.05, 3.63) is 6.42 Å². The summed E-state index contributed by atoms with van der Waals surface area (Å²) in [6.07, 6.45) is 9.50. The van der Waals surface area contributed by atoms with E-state index in [1.807, 2.05) is 0 Å². The molecule has 1 saturated carbocycles. The van der Waals surface area contributed by atoms with Crippen LogP contribution in [0.25, 0.3) is 0 Å². The molecule has 3 N–H and O–H groups in total. The van der Waals surface area contributed by atoms with E-state index in [0.717, 1.165) is 0 Å². The topological polar surface area (TPSA) is 60.7 Å². The van der Waals surface area contributed by atoms with Crippen LogP contribution in [0.15, 0.2) is 0 Å². The van der Waals surface area contributed by atoms with Gasteiger partial charge in [0.05, 0.1) is 0 Å². The second kappa shape index (κ2) is 36.1. The summed E-state index contributed by atoms with van der Waals surface area (Å²) in [5.74, 6) is 0. The van der Waals surface area contributed by atoms with Gasteiger partial charge in [-0.15, -0.1) is 0 Å². The first kappa shape index (κ1) is 25.4. The van der Waals surface area contributed by atoms with Crippen molar-refractivity contribution in [3.63, 3.8) is 0 Å². The summed E-state index contributed by atoms with van der Waals surface area (Å²) in [5, 5.41) is 22.7. The second-order valence-electron chi connectivity index (χ2n) is 2.88. The number of aliphatic hydroxyl groups is 3.